The largest absolute Gasteiger partial charge is 0.389 e. The van der Waals surface area contributed by atoms with Gasteiger partial charge in [-0.2, -0.15) is 0 Å². The monoisotopic (exact) mass is 334 g/mol. The Balaban J connectivity index is 2.58. The van der Waals surface area contributed by atoms with Gasteiger partial charge >= 0.3 is 0 Å². The van der Waals surface area contributed by atoms with E-state index in [9.17, 15) is 9.59 Å². The lowest BCUT2D eigenvalue weighted by Gasteiger charge is -2.31. The van der Waals surface area contributed by atoms with Crippen molar-refractivity contribution >= 4 is 28.2 Å². The molecule has 0 aliphatic heterocycles. The van der Waals surface area contributed by atoms with Crippen LogP contribution in [0.3, 0.4) is 0 Å². The number of hydrogen-bond donors (Lipinski definition) is 2. The third-order valence-corrected chi connectivity index (χ3v) is 3.39. The zero-order valence-corrected chi connectivity index (χ0v) is 14.2. The van der Waals surface area contributed by atoms with E-state index in [1.165, 1.54) is 0 Å². The van der Waals surface area contributed by atoms with Crippen LogP contribution in [-0.4, -0.2) is 41.3 Å². The number of nitrogens with zero attached hydrogens (tertiary/aromatic N) is 3. The molecule has 6 nitrogen and oxygen atoms in total. The molecule has 2 rings (SSSR count). The summed E-state index contributed by atoms with van der Waals surface area (Å²) in [5.41, 5.74) is 6.13. The van der Waals surface area contributed by atoms with Gasteiger partial charge in [-0.3, -0.25) is 0 Å². The molecule has 0 atom stereocenters. The van der Waals surface area contributed by atoms with E-state index in [1.54, 1.807) is 24.8 Å². The first-order valence-corrected chi connectivity index (χ1v) is 7.76. The Hall–Kier alpha value is -2.25. The average Bonchev–Trinajstić information content (AvgIpc) is 2.52. The number of hydrogen-bond acceptors (Lipinski definition) is 5. The lowest BCUT2D eigenvalue weighted by atomic mass is 10.1. The summed E-state index contributed by atoms with van der Waals surface area (Å²) in [5.74, 6) is 0.369. The Labute approximate surface area is 140 Å². The van der Waals surface area contributed by atoms with Gasteiger partial charge < -0.3 is 20.5 Å². The van der Waals surface area contributed by atoms with Crippen LogP contribution in [-0.2, 0) is 4.74 Å². The number of nitrogens with two attached hydrogens (primary N) is 1. The van der Waals surface area contributed by atoms with Gasteiger partial charge in [0, 0.05) is 18.1 Å². The molecule has 3 N–H and O–H groups in total. The summed E-state index contributed by atoms with van der Waals surface area (Å²) >= 11 is 0. The van der Waals surface area contributed by atoms with Gasteiger partial charge in [-0.25, -0.2) is 4.98 Å². The molecular weight excluding hydrogens is 311 g/mol. The number of amidine groups is 1. The van der Waals surface area contributed by atoms with Crippen molar-refractivity contribution < 1.29 is 14.3 Å². The Morgan fingerprint density at radius 1 is 1.42 bits per heavy atom. The van der Waals surface area contributed by atoms with E-state index in [-0.39, 0.29) is 19.0 Å². The lowest BCUT2D eigenvalue weighted by molar-refractivity contribution is 0.0897. The molecule has 2 aromatic rings. The fraction of sp³-hybridized carbons (Fsp3) is 0.412. The van der Waals surface area contributed by atoms with Gasteiger partial charge in [-0.15, -0.1) is 0 Å². The molecule has 0 saturated carbocycles. The van der Waals surface area contributed by atoms with Gasteiger partial charge in [0.1, 0.15) is 12.4 Å². The fourth-order valence-electron chi connectivity index (χ4n) is 2.44. The molecule has 130 valence electrons. The SMILES string of the molecule is CCOCC(=NF)N(CC(C)(C)O)c1cc(N)nc2ccccc12. The third kappa shape index (κ3) is 4.39. The third-order valence-electron chi connectivity index (χ3n) is 3.39. The maximum atomic E-state index is 13.3. The van der Waals surface area contributed by atoms with E-state index < -0.39 is 5.60 Å². The molecule has 0 spiro atoms. The minimum absolute atomic E-state index is 0.0143. The summed E-state index contributed by atoms with van der Waals surface area (Å²) in [5, 5.41) is 13.9. The minimum atomic E-state index is -1.08. The Bertz CT molecular complexity index is 728. The standard InChI is InChI=1S/C17H23FN4O2/c1-4-24-10-16(21-18)22(11-17(2,3)23)14-9-15(19)20-13-8-6-5-7-12(13)14/h5-9,23H,4,10-11H2,1-3H3,(H2,19,20). The van der Waals surface area contributed by atoms with Crippen LogP contribution in [0.1, 0.15) is 20.8 Å². The molecule has 0 aliphatic rings. The van der Waals surface area contributed by atoms with Crippen LogP contribution >= 0.6 is 0 Å². The molecule has 0 saturated heterocycles. The predicted molar refractivity (Wildman–Crippen MR) is 94.8 cm³/mol. The van der Waals surface area contributed by atoms with Gasteiger partial charge in [0.25, 0.3) is 0 Å². The molecule has 0 unspecified atom stereocenters. The molecule has 0 amide bonds. The van der Waals surface area contributed by atoms with E-state index in [4.69, 9.17) is 10.5 Å². The van der Waals surface area contributed by atoms with Gasteiger partial charge in [-0.05, 0) is 26.8 Å². The van der Waals surface area contributed by atoms with Crippen LogP contribution in [0.25, 0.3) is 10.9 Å². The zero-order valence-electron chi connectivity index (χ0n) is 14.2. The molecule has 1 aromatic heterocycles. The summed E-state index contributed by atoms with van der Waals surface area (Å²) in [6.45, 7) is 5.63. The highest BCUT2D eigenvalue weighted by atomic mass is 19.2. The maximum absolute atomic E-state index is 13.3. The van der Waals surface area contributed by atoms with Crippen molar-refractivity contribution in [1.82, 2.24) is 4.98 Å². The molecule has 1 aromatic carbocycles. The highest BCUT2D eigenvalue weighted by molar-refractivity contribution is 6.06. The number of fused-ring (bicyclic) bond motifs is 1. The number of aromatic nitrogens is 1. The summed E-state index contributed by atoms with van der Waals surface area (Å²) in [6, 6.07) is 9.05. The van der Waals surface area contributed by atoms with E-state index >= 15 is 0 Å². The van der Waals surface area contributed by atoms with Gasteiger partial charge in [0.2, 0.25) is 0 Å². The molecule has 0 radical (unpaired) electrons. The van der Waals surface area contributed by atoms with Crippen molar-refractivity contribution in [2.24, 2.45) is 5.21 Å². The number of aliphatic hydroxyl groups is 1. The van der Waals surface area contributed by atoms with Crippen molar-refractivity contribution in [2.45, 2.75) is 26.4 Å². The van der Waals surface area contributed by atoms with Crippen molar-refractivity contribution in [1.29, 1.82) is 0 Å². The van der Waals surface area contributed by atoms with Crippen LogP contribution < -0.4 is 10.6 Å². The number of halogens is 1. The Morgan fingerprint density at radius 3 is 2.75 bits per heavy atom. The van der Waals surface area contributed by atoms with Crippen LogP contribution in [0.2, 0.25) is 0 Å². The van der Waals surface area contributed by atoms with Crippen LogP contribution in [0.5, 0.6) is 0 Å². The maximum Gasteiger partial charge on any atom is 0.168 e. The molecule has 0 aliphatic carbocycles. The first-order valence-electron chi connectivity index (χ1n) is 7.76. The van der Waals surface area contributed by atoms with Crippen LogP contribution in [0.15, 0.2) is 35.5 Å². The molecule has 24 heavy (non-hydrogen) atoms. The highest BCUT2D eigenvalue weighted by Gasteiger charge is 2.25. The van der Waals surface area contributed by atoms with E-state index in [0.717, 1.165) is 5.39 Å². The Morgan fingerprint density at radius 2 is 2.12 bits per heavy atom. The number of ether oxygens (including phenoxy) is 1. The molecule has 0 fully saturated rings. The number of anilines is 2. The quantitative estimate of drug-likeness (QED) is 0.627. The van der Waals surface area contributed by atoms with Gasteiger partial charge in [0.05, 0.1) is 23.3 Å². The molecule has 0 bridgehead atoms. The van der Waals surface area contributed by atoms with E-state index in [1.807, 2.05) is 31.2 Å². The summed E-state index contributed by atoms with van der Waals surface area (Å²) in [6.07, 6.45) is 0. The average molecular weight is 334 g/mol. The molecular formula is C17H23FN4O2. The summed E-state index contributed by atoms with van der Waals surface area (Å²) in [7, 11) is 0. The van der Waals surface area contributed by atoms with E-state index in [2.05, 4.69) is 10.2 Å². The second kappa shape index (κ2) is 7.55. The lowest BCUT2D eigenvalue weighted by Crippen LogP contribution is -2.44. The fourth-order valence-corrected chi connectivity index (χ4v) is 2.44. The number of benzene rings is 1. The Kier molecular flexibility index (Phi) is 5.69. The van der Waals surface area contributed by atoms with E-state index in [0.29, 0.717) is 23.6 Å². The van der Waals surface area contributed by atoms with Crippen molar-refractivity contribution in [3.05, 3.63) is 30.3 Å². The summed E-state index contributed by atoms with van der Waals surface area (Å²) < 4.78 is 18.6. The van der Waals surface area contributed by atoms with Gasteiger partial charge in [-0.1, -0.05) is 27.9 Å². The number of nitrogen functional groups attached to an aromatic ring is 1. The van der Waals surface area contributed by atoms with Crippen molar-refractivity contribution in [3.63, 3.8) is 0 Å². The number of pyridine rings is 1. The van der Waals surface area contributed by atoms with Crippen molar-refractivity contribution in [3.8, 4) is 0 Å². The second-order valence-corrected chi connectivity index (χ2v) is 6.12. The highest BCUT2D eigenvalue weighted by Crippen LogP contribution is 2.29. The second-order valence-electron chi connectivity index (χ2n) is 6.12. The molecule has 7 heteroatoms. The van der Waals surface area contributed by atoms with Crippen LogP contribution in [0, 0.1) is 0 Å². The summed E-state index contributed by atoms with van der Waals surface area (Å²) in [4.78, 5) is 5.87. The molecule has 1 heterocycles. The minimum Gasteiger partial charge on any atom is -0.389 e. The number of para-hydroxylation sites is 1. The van der Waals surface area contributed by atoms with Gasteiger partial charge in [0.15, 0.2) is 5.84 Å². The zero-order chi connectivity index (χ0) is 17.7. The van der Waals surface area contributed by atoms with Crippen LogP contribution in [0.4, 0.5) is 16.0 Å². The van der Waals surface area contributed by atoms with Crippen molar-refractivity contribution in [2.75, 3.05) is 30.4 Å². The predicted octanol–water partition coefficient (Wildman–Crippen LogP) is 2.71. The first kappa shape index (κ1) is 18.1. The topological polar surface area (TPSA) is 84.0 Å². The number of rotatable bonds is 6. The normalized spacial score (nSPS) is 12.6. The first-order chi connectivity index (χ1) is 11.4. The smallest absolute Gasteiger partial charge is 0.168 e.